The van der Waals surface area contributed by atoms with Crippen molar-refractivity contribution in [1.29, 1.82) is 0 Å². The quantitative estimate of drug-likeness (QED) is 0.200. The number of thiazole rings is 2. The molecule has 0 aliphatic rings. The Bertz CT molecular complexity index is 1870. The Morgan fingerprint density at radius 2 is 1.39 bits per heavy atom. The molecular formula is C31H25N7O4S2. The fraction of sp³-hybridized carbons (Fsp3) is 0.0645. The molecule has 11 nitrogen and oxygen atoms in total. The molecule has 0 unspecified atom stereocenters. The smallest absolute Gasteiger partial charge is 0.258 e. The second-order valence-electron chi connectivity index (χ2n) is 8.97. The van der Waals surface area contributed by atoms with Crippen LogP contribution in [0.15, 0.2) is 107 Å². The zero-order chi connectivity index (χ0) is 30.7. The Morgan fingerprint density at radius 1 is 0.773 bits per heavy atom. The van der Waals surface area contributed by atoms with Gasteiger partial charge in [0.05, 0.1) is 30.5 Å². The number of ether oxygens (including phenoxy) is 1. The minimum absolute atomic E-state index is 0.0999. The highest BCUT2D eigenvalue weighted by Crippen LogP contribution is 2.24. The second kappa shape index (κ2) is 14.6. The molecule has 13 heteroatoms. The maximum absolute atomic E-state index is 12.1. The van der Waals surface area contributed by atoms with Crippen LogP contribution in [-0.4, -0.2) is 43.8 Å². The van der Waals surface area contributed by atoms with E-state index in [0.29, 0.717) is 27.9 Å². The summed E-state index contributed by atoms with van der Waals surface area (Å²) in [5.41, 5.74) is 4.04. The van der Waals surface area contributed by atoms with Gasteiger partial charge in [-0.1, -0.05) is 24.3 Å². The molecule has 0 bridgehead atoms. The molecule has 3 N–H and O–H groups in total. The van der Waals surface area contributed by atoms with Crippen molar-refractivity contribution >= 4 is 44.8 Å². The highest BCUT2D eigenvalue weighted by Gasteiger charge is 2.11. The maximum atomic E-state index is 12.1. The summed E-state index contributed by atoms with van der Waals surface area (Å²) >= 11 is 2.70. The van der Waals surface area contributed by atoms with Crippen LogP contribution >= 0.6 is 22.7 Å². The van der Waals surface area contributed by atoms with Gasteiger partial charge in [-0.2, -0.15) is 0 Å². The average Bonchev–Trinajstić information content (AvgIpc) is 3.73. The normalized spacial score (nSPS) is 10.3. The third-order valence-corrected chi connectivity index (χ3v) is 7.42. The minimum Gasteiger partial charge on any atom is -0.497 e. The lowest BCUT2D eigenvalue weighted by Gasteiger charge is -2.03. The fourth-order valence-corrected chi connectivity index (χ4v) is 5.16. The molecule has 0 aliphatic heterocycles. The van der Waals surface area contributed by atoms with Gasteiger partial charge in [0, 0.05) is 35.4 Å². The van der Waals surface area contributed by atoms with Crippen molar-refractivity contribution < 1.29 is 14.3 Å². The molecule has 0 radical (unpaired) electrons. The number of methoxy groups -OCH3 is 1. The number of anilines is 2. The number of nitrogens with zero attached hydrogens (tertiary/aromatic N) is 4. The van der Waals surface area contributed by atoms with Crippen LogP contribution in [0.25, 0.3) is 22.8 Å². The van der Waals surface area contributed by atoms with Crippen LogP contribution in [0.1, 0.15) is 15.9 Å². The number of nitrogens with one attached hydrogen (secondary N) is 3. The van der Waals surface area contributed by atoms with E-state index in [4.69, 9.17) is 4.74 Å². The Labute approximate surface area is 259 Å². The summed E-state index contributed by atoms with van der Waals surface area (Å²) in [6.45, 7) is 0. The summed E-state index contributed by atoms with van der Waals surface area (Å²) in [6, 6.07) is 21.4. The number of carbonyl (C=O) groups excluding carboxylic acids is 2. The summed E-state index contributed by atoms with van der Waals surface area (Å²) in [7, 11) is 1.61. The molecule has 5 heterocycles. The van der Waals surface area contributed by atoms with Crippen LogP contribution in [-0.2, 0) is 11.2 Å². The zero-order valence-electron chi connectivity index (χ0n) is 23.3. The van der Waals surface area contributed by atoms with Crippen LogP contribution in [0.3, 0.4) is 0 Å². The van der Waals surface area contributed by atoms with Crippen LogP contribution in [0.5, 0.6) is 5.75 Å². The van der Waals surface area contributed by atoms with E-state index in [-0.39, 0.29) is 17.4 Å². The van der Waals surface area contributed by atoms with Crippen molar-refractivity contribution in [3.63, 3.8) is 0 Å². The van der Waals surface area contributed by atoms with Gasteiger partial charge >= 0.3 is 0 Å². The van der Waals surface area contributed by atoms with Gasteiger partial charge in [-0.25, -0.2) is 9.97 Å². The Hall–Kier alpha value is -5.53. The lowest BCUT2D eigenvalue weighted by molar-refractivity contribution is -0.115. The van der Waals surface area contributed by atoms with E-state index in [1.807, 2.05) is 71.4 Å². The van der Waals surface area contributed by atoms with Gasteiger partial charge in [0.1, 0.15) is 17.1 Å². The molecule has 6 aromatic rings. The first-order valence-electron chi connectivity index (χ1n) is 13.1. The molecule has 0 aliphatic carbocycles. The van der Waals surface area contributed by atoms with Crippen molar-refractivity contribution in [1.82, 2.24) is 24.9 Å². The van der Waals surface area contributed by atoms with Crippen LogP contribution in [0.4, 0.5) is 10.3 Å². The van der Waals surface area contributed by atoms with E-state index in [9.17, 15) is 14.4 Å². The molecule has 0 saturated heterocycles. The molecule has 6 rings (SSSR count). The number of H-pyrrole nitrogens is 1. The predicted octanol–water partition coefficient (Wildman–Crippen LogP) is 5.54. The highest BCUT2D eigenvalue weighted by molar-refractivity contribution is 7.14. The number of carbonyl (C=O) groups is 2. The van der Waals surface area contributed by atoms with E-state index in [2.05, 4.69) is 35.6 Å². The Kier molecular flexibility index (Phi) is 9.92. The molecule has 0 fully saturated rings. The standard InChI is InChI=1S/C17H15N3O2S.C14H10N4O2S/c1-22-13-7-5-12(6-8-13)10-16(21)20-17-19-15(11-23-17)14-4-2-3-9-18-14;19-12-5-4-9(7-16-12)13(20)18-14-17-11(8-21-14)10-3-1-2-6-15-10/h2-9,11H,10H2,1H3,(H,19,20,21);1-8H,(H,16,19)(H,17,18,20). The van der Waals surface area contributed by atoms with Crippen LogP contribution in [0.2, 0.25) is 0 Å². The van der Waals surface area contributed by atoms with Crippen LogP contribution in [0, 0.1) is 0 Å². The summed E-state index contributed by atoms with van der Waals surface area (Å²) in [4.78, 5) is 54.6. The molecule has 0 spiro atoms. The highest BCUT2D eigenvalue weighted by atomic mass is 32.1. The number of amides is 2. The van der Waals surface area contributed by atoms with Gasteiger partial charge in [-0.15, -0.1) is 22.7 Å². The third-order valence-electron chi connectivity index (χ3n) is 5.90. The lowest BCUT2D eigenvalue weighted by atomic mass is 10.1. The van der Waals surface area contributed by atoms with Gasteiger partial charge in [0.25, 0.3) is 5.91 Å². The Morgan fingerprint density at radius 3 is 1.91 bits per heavy atom. The molecule has 5 aromatic heterocycles. The third kappa shape index (κ3) is 8.27. The first-order valence-corrected chi connectivity index (χ1v) is 14.9. The van der Waals surface area contributed by atoms with Crippen molar-refractivity contribution in [2.24, 2.45) is 0 Å². The minimum atomic E-state index is -0.326. The fourth-order valence-electron chi connectivity index (χ4n) is 3.74. The summed E-state index contributed by atoms with van der Waals surface area (Å²) in [6.07, 6.45) is 5.07. The molecular weight excluding hydrogens is 599 g/mol. The first kappa shape index (κ1) is 29.9. The molecule has 1 aromatic carbocycles. The number of pyridine rings is 3. The van der Waals surface area contributed by atoms with E-state index in [1.54, 1.807) is 19.5 Å². The molecule has 220 valence electrons. The topological polar surface area (TPSA) is 152 Å². The lowest BCUT2D eigenvalue weighted by Crippen LogP contribution is -2.14. The van der Waals surface area contributed by atoms with E-state index in [0.717, 1.165) is 28.4 Å². The number of hydrogen-bond acceptors (Lipinski definition) is 10. The van der Waals surface area contributed by atoms with Crippen molar-refractivity contribution in [2.45, 2.75) is 6.42 Å². The SMILES string of the molecule is COc1ccc(CC(=O)Nc2nc(-c3ccccn3)cs2)cc1.O=C(Nc1nc(-c2ccccn2)cs1)c1ccc(=O)[nH]c1. The monoisotopic (exact) mass is 623 g/mol. The van der Waals surface area contributed by atoms with Gasteiger partial charge in [0.2, 0.25) is 11.5 Å². The summed E-state index contributed by atoms with van der Waals surface area (Å²) in [5, 5.41) is 10.3. The number of hydrogen-bond donors (Lipinski definition) is 3. The Balaban J connectivity index is 0.000000175. The average molecular weight is 624 g/mol. The summed E-state index contributed by atoms with van der Waals surface area (Å²) in [5.74, 6) is 0.347. The van der Waals surface area contributed by atoms with E-state index < -0.39 is 0 Å². The number of rotatable bonds is 8. The molecule has 0 saturated carbocycles. The maximum Gasteiger partial charge on any atom is 0.258 e. The zero-order valence-corrected chi connectivity index (χ0v) is 24.9. The van der Waals surface area contributed by atoms with E-state index >= 15 is 0 Å². The number of aromatic amines is 1. The second-order valence-corrected chi connectivity index (χ2v) is 10.7. The molecule has 0 atom stereocenters. The molecule has 2 amide bonds. The van der Waals surface area contributed by atoms with Gasteiger partial charge in [0.15, 0.2) is 10.3 Å². The largest absolute Gasteiger partial charge is 0.497 e. The van der Waals surface area contributed by atoms with Gasteiger partial charge in [-0.3, -0.25) is 29.7 Å². The molecule has 44 heavy (non-hydrogen) atoms. The van der Waals surface area contributed by atoms with Gasteiger partial charge < -0.3 is 15.0 Å². The van der Waals surface area contributed by atoms with Gasteiger partial charge in [-0.05, 0) is 48.0 Å². The van der Waals surface area contributed by atoms with Crippen LogP contribution < -0.4 is 20.9 Å². The van der Waals surface area contributed by atoms with Crippen molar-refractivity contribution in [3.8, 4) is 28.5 Å². The van der Waals surface area contributed by atoms with Crippen molar-refractivity contribution in [3.05, 3.63) is 124 Å². The predicted molar refractivity (Wildman–Crippen MR) is 171 cm³/mol. The first-order chi connectivity index (χ1) is 21.5. The number of benzene rings is 1. The number of aromatic nitrogens is 5. The summed E-state index contributed by atoms with van der Waals surface area (Å²) < 4.78 is 5.10. The van der Waals surface area contributed by atoms with Crippen molar-refractivity contribution in [2.75, 3.05) is 17.7 Å². The van der Waals surface area contributed by atoms with E-state index in [1.165, 1.54) is 41.0 Å².